The van der Waals surface area contributed by atoms with Gasteiger partial charge in [0.25, 0.3) is 5.91 Å². The molecular weight excluding hydrogens is 278 g/mol. The number of ketones is 1. The molecule has 0 aliphatic carbocycles. The van der Waals surface area contributed by atoms with E-state index in [9.17, 15) is 9.59 Å². The Labute approximate surface area is 129 Å². The lowest BCUT2D eigenvalue weighted by atomic mass is 10.0. The van der Waals surface area contributed by atoms with Gasteiger partial charge in [-0.15, -0.1) is 0 Å². The van der Waals surface area contributed by atoms with Gasteiger partial charge in [-0.2, -0.15) is 0 Å². The lowest BCUT2D eigenvalue weighted by molar-refractivity contribution is 0.0686. The Morgan fingerprint density at radius 2 is 2.00 bits per heavy atom. The number of nitrogens with zero attached hydrogens (tertiary/aromatic N) is 1. The molecule has 2 heterocycles. The summed E-state index contributed by atoms with van der Waals surface area (Å²) in [7, 11) is 0. The second-order valence-electron chi connectivity index (χ2n) is 5.72. The molecule has 0 spiro atoms. The average Bonchev–Trinajstić information content (AvgIpc) is 3.16. The molecule has 1 aromatic heterocycles. The molecule has 2 aromatic rings. The summed E-state index contributed by atoms with van der Waals surface area (Å²) >= 11 is 0. The minimum atomic E-state index is -0.106. The van der Waals surface area contributed by atoms with Crippen molar-refractivity contribution in [3.63, 3.8) is 0 Å². The maximum absolute atomic E-state index is 12.6. The van der Waals surface area contributed by atoms with E-state index in [-0.39, 0.29) is 17.7 Å². The predicted molar refractivity (Wildman–Crippen MR) is 82.9 cm³/mol. The molecule has 4 heteroatoms. The van der Waals surface area contributed by atoms with Crippen LogP contribution in [-0.4, -0.2) is 29.2 Å². The lowest BCUT2D eigenvalue weighted by Gasteiger charge is -2.23. The van der Waals surface area contributed by atoms with Crippen LogP contribution in [0.3, 0.4) is 0 Å². The van der Waals surface area contributed by atoms with E-state index >= 15 is 0 Å². The zero-order chi connectivity index (χ0) is 15.5. The quantitative estimate of drug-likeness (QED) is 0.812. The molecule has 0 radical (unpaired) electrons. The van der Waals surface area contributed by atoms with E-state index in [0.29, 0.717) is 24.3 Å². The summed E-state index contributed by atoms with van der Waals surface area (Å²) in [6.07, 6.45) is 3.70. The van der Waals surface area contributed by atoms with Crippen LogP contribution in [-0.2, 0) is 0 Å². The highest BCUT2D eigenvalue weighted by atomic mass is 16.3. The number of aryl methyl sites for hydroxylation is 1. The summed E-state index contributed by atoms with van der Waals surface area (Å²) in [4.78, 5) is 26.7. The van der Waals surface area contributed by atoms with Crippen LogP contribution < -0.4 is 0 Å². The second-order valence-corrected chi connectivity index (χ2v) is 5.72. The Morgan fingerprint density at radius 3 is 2.68 bits per heavy atom. The SMILES string of the molecule is Cc1ccoc1C(=O)N1CCC[C@@H]1CC(=O)c1ccccc1. The van der Waals surface area contributed by atoms with E-state index in [1.165, 1.54) is 6.26 Å². The van der Waals surface area contributed by atoms with Crippen LogP contribution in [0.4, 0.5) is 0 Å². The van der Waals surface area contributed by atoms with E-state index < -0.39 is 0 Å². The standard InChI is InChI=1S/C18H19NO3/c1-13-9-11-22-17(13)18(21)19-10-5-8-15(19)12-16(20)14-6-3-2-4-7-14/h2-4,6-7,9,11,15H,5,8,10,12H2,1H3/t15-/m1/s1. The maximum Gasteiger partial charge on any atom is 0.290 e. The fourth-order valence-corrected chi connectivity index (χ4v) is 2.99. The van der Waals surface area contributed by atoms with Gasteiger partial charge in [0.05, 0.1) is 6.26 Å². The first-order valence-electron chi connectivity index (χ1n) is 7.60. The van der Waals surface area contributed by atoms with Crippen molar-refractivity contribution >= 4 is 11.7 Å². The molecule has 0 unspecified atom stereocenters. The second kappa shape index (κ2) is 6.18. The van der Waals surface area contributed by atoms with Crippen LogP contribution in [0.2, 0.25) is 0 Å². The van der Waals surface area contributed by atoms with E-state index in [0.717, 1.165) is 18.4 Å². The van der Waals surface area contributed by atoms with Gasteiger partial charge in [-0.1, -0.05) is 30.3 Å². The monoisotopic (exact) mass is 297 g/mol. The number of hydrogen-bond acceptors (Lipinski definition) is 3. The maximum atomic E-state index is 12.6. The normalized spacial score (nSPS) is 17.7. The van der Waals surface area contributed by atoms with Crippen molar-refractivity contribution in [1.82, 2.24) is 4.90 Å². The van der Waals surface area contributed by atoms with E-state index in [1.54, 1.807) is 11.0 Å². The van der Waals surface area contributed by atoms with Crippen molar-refractivity contribution < 1.29 is 14.0 Å². The number of carbonyl (C=O) groups excluding carboxylic acids is 2. The van der Waals surface area contributed by atoms with Gasteiger partial charge in [0.2, 0.25) is 0 Å². The summed E-state index contributed by atoms with van der Waals surface area (Å²) in [5.74, 6) is 0.367. The minimum Gasteiger partial charge on any atom is -0.459 e. The zero-order valence-corrected chi connectivity index (χ0v) is 12.6. The molecule has 0 N–H and O–H groups in total. The molecule has 1 fully saturated rings. The number of carbonyl (C=O) groups is 2. The molecule has 1 atom stereocenters. The van der Waals surface area contributed by atoms with Crippen molar-refractivity contribution in [3.8, 4) is 0 Å². The topological polar surface area (TPSA) is 50.5 Å². The molecule has 1 aliphatic heterocycles. The highest BCUT2D eigenvalue weighted by Gasteiger charge is 2.32. The number of benzene rings is 1. The van der Waals surface area contributed by atoms with E-state index in [4.69, 9.17) is 4.42 Å². The first kappa shape index (κ1) is 14.6. The highest BCUT2D eigenvalue weighted by Crippen LogP contribution is 2.25. The van der Waals surface area contributed by atoms with Crippen molar-refractivity contribution in [3.05, 3.63) is 59.5 Å². The van der Waals surface area contributed by atoms with Crippen molar-refractivity contribution in [2.75, 3.05) is 6.54 Å². The number of likely N-dealkylation sites (tertiary alicyclic amines) is 1. The number of furan rings is 1. The first-order chi connectivity index (χ1) is 10.7. The molecule has 1 aromatic carbocycles. The fourth-order valence-electron chi connectivity index (χ4n) is 2.99. The van der Waals surface area contributed by atoms with Gasteiger partial charge >= 0.3 is 0 Å². The van der Waals surface area contributed by atoms with Crippen molar-refractivity contribution in [2.45, 2.75) is 32.2 Å². The Bertz CT molecular complexity index is 675. The Morgan fingerprint density at radius 1 is 1.23 bits per heavy atom. The zero-order valence-electron chi connectivity index (χ0n) is 12.6. The van der Waals surface area contributed by atoms with Gasteiger partial charge in [-0.05, 0) is 25.8 Å². The van der Waals surface area contributed by atoms with Crippen LogP contribution >= 0.6 is 0 Å². The van der Waals surface area contributed by atoms with Crippen LogP contribution in [0, 0.1) is 6.92 Å². The van der Waals surface area contributed by atoms with Gasteiger partial charge in [-0.3, -0.25) is 9.59 Å². The highest BCUT2D eigenvalue weighted by molar-refractivity contribution is 5.97. The van der Waals surface area contributed by atoms with Gasteiger partial charge in [0, 0.05) is 30.1 Å². The van der Waals surface area contributed by atoms with Crippen molar-refractivity contribution in [1.29, 1.82) is 0 Å². The Balaban J connectivity index is 1.72. The summed E-state index contributed by atoms with van der Waals surface area (Å²) in [5.41, 5.74) is 1.54. The molecule has 0 saturated carbocycles. The van der Waals surface area contributed by atoms with E-state index in [2.05, 4.69) is 0 Å². The van der Waals surface area contributed by atoms with Gasteiger partial charge in [0.15, 0.2) is 11.5 Å². The number of amides is 1. The van der Waals surface area contributed by atoms with Crippen LogP contribution in [0.15, 0.2) is 47.1 Å². The number of hydrogen-bond donors (Lipinski definition) is 0. The van der Waals surface area contributed by atoms with Crippen LogP contribution in [0.25, 0.3) is 0 Å². The number of Topliss-reactive ketones (excluding diaryl/α,β-unsaturated/α-hetero) is 1. The van der Waals surface area contributed by atoms with Gasteiger partial charge in [0.1, 0.15) is 0 Å². The molecule has 1 amide bonds. The molecule has 114 valence electrons. The Hall–Kier alpha value is -2.36. The smallest absolute Gasteiger partial charge is 0.290 e. The summed E-state index contributed by atoms with van der Waals surface area (Å²) in [6, 6.07) is 11.0. The molecular formula is C18H19NO3. The predicted octanol–water partition coefficient (Wildman–Crippen LogP) is 3.47. The Kier molecular flexibility index (Phi) is 4.09. The minimum absolute atomic E-state index is 0.0373. The fraction of sp³-hybridized carbons (Fsp3) is 0.333. The molecule has 3 rings (SSSR count). The molecule has 1 saturated heterocycles. The third-order valence-corrected chi connectivity index (χ3v) is 4.21. The van der Waals surface area contributed by atoms with Crippen molar-refractivity contribution in [2.24, 2.45) is 0 Å². The van der Waals surface area contributed by atoms with Gasteiger partial charge < -0.3 is 9.32 Å². The summed E-state index contributed by atoms with van der Waals surface area (Å²) in [5, 5.41) is 0. The summed E-state index contributed by atoms with van der Waals surface area (Å²) < 4.78 is 5.30. The molecule has 22 heavy (non-hydrogen) atoms. The van der Waals surface area contributed by atoms with Gasteiger partial charge in [-0.25, -0.2) is 0 Å². The largest absolute Gasteiger partial charge is 0.459 e. The first-order valence-corrected chi connectivity index (χ1v) is 7.60. The average molecular weight is 297 g/mol. The lowest BCUT2D eigenvalue weighted by Crippen LogP contribution is -2.37. The number of rotatable bonds is 4. The third-order valence-electron chi connectivity index (χ3n) is 4.21. The molecule has 0 bridgehead atoms. The molecule has 4 nitrogen and oxygen atoms in total. The summed E-state index contributed by atoms with van der Waals surface area (Å²) in [6.45, 7) is 2.54. The third kappa shape index (κ3) is 2.82. The molecule has 1 aliphatic rings. The van der Waals surface area contributed by atoms with E-state index in [1.807, 2.05) is 37.3 Å². The van der Waals surface area contributed by atoms with Crippen LogP contribution in [0.5, 0.6) is 0 Å². The van der Waals surface area contributed by atoms with Crippen LogP contribution in [0.1, 0.15) is 45.7 Å².